The van der Waals surface area contributed by atoms with E-state index in [4.69, 9.17) is 0 Å². The number of sulfonamides is 1. The van der Waals surface area contributed by atoms with Crippen molar-refractivity contribution in [2.24, 2.45) is 0 Å². The molecule has 0 aliphatic heterocycles. The van der Waals surface area contributed by atoms with E-state index in [9.17, 15) is 18.0 Å². The van der Waals surface area contributed by atoms with Crippen LogP contribution in [0.15, 0.2) is 53.7 Å². The summed E-state index contributed by atoms with van der Waals surface area (Å²) in [6.45, 7) is 0. The molecular formula is C16H16N4O4S. The lowest BCUT2D eigenvalue weighted by molar-refractivity contribution is 0.0846. The minimum atomic E-state index is -3.56. The summed E-state index contributed by atoms with van der Waals surface area (Å²) in [4.78, 5) is 27.7. The topological polar surface area (TPSA) is 117 Å². The van der Waals surface area contributed by atoms with Crippen molar-refractivity contribution >= 4 is 21.8 Å². The van der Waals surface area contributed by atoms with Crippen molar-refractivity contribution in [1.82, 2.24) is 20.6 Å². The molecule has 25 heavy (non-hydrogen) atoms. The average molecular weight is 360 g/mol. The SMILES string of the molecule is O=C(NNC(=O)c1cccnc1)c1ccc(S(=O)(=O)NC2CC2)cc1. The van der Waals surface area contributed by atoms with Gasteiger partial charge in [0.25, 0.3) is 11.8 Å². The molecule has 1 aromatic heterocycles. The molecule has 1 aliphatic carbocycles. The van der Waals surface area contributed by atoms with Crippen molar-refractivity contribution in [1.29, 1.82) is 0 Å². The third kappa shape index (κ3) is 4.40. The zero-order chi connectivity index (χ0) is 17.9. The van der Waals surface area contributed by atoms with Crippen molar-refractivity contribution in [2.75, 3.05) is 0 Å². The highest BCUT2D eigenvalue weighted by Crippen LogP contribution is 2.22. The van der Waals surface area contributed by atoms with Crippen LogP contribution in [0.2, 0.25) is 0 Å². The maximum atomic E-state index is 12.1. The van der Waals surface area contributed by atoms with Crippen LogP contribution in [0.5, 0.6) is 0 Å². The number of rotatable bonds is 5. The fraction of sp³-hybridized carbons (Fsp3) is 0.188. The summed E-state index contributed by atoms with van der Waals surface area (Å²) < 4.78 is 26.7. The number of amides is 2. The zero-order valence-corrected chi connectivity index (χ0v) is 13.9. The van der Waals surface area contributed by atoms with Crippen LogP contribution in [0.25, 0.3) is 0 Å². The number of benzene rings is 1. The minimum absolute atomic E-state index is 0.00987. The van der Waals surface area contributed by atoms with E-state index in [0.717, 1.165) is 12.8 Å². The smallest absolute Gasteiger partial charge is 0.267 e. The molecule has 0 saturated heterocycles. The van der Waals surface area contributed by atoms with E-state index < -0.39 is 21.8 Å². The van der Waals surface area contributed by atoms with Crippen LogP contribution in [0.1, 0.15) is 33.6 Å². The van der Waals surface area contributed by atoms with Gasteiger partial charge in [0, 0.05) is 24.0 Å². The first kappa shape index (κ1) is 17.1. The van der Waals surface area contributed by atoms with Crippen molar-refractivity contribution in [2.45, 2.75) is 23.8 Å². The first-order chi connectivity index (χ1) is 12.0. The van der Waals surface area contributed by atoms with Crippen LogP contribution < -0.4 is 15.6 Å². The van der Waals surface area contributed by atoms with E-state index in [0.29, 0.717) is 5.56 Å². The summed E-state index contributed by atoms with van der Waals surface area (Å²) in [6.07, 6.45) is 4.59. The Bertz CT molecular complexity index is 878. The summed E-state index contributed by atoms with van der Waals surface area (Å²) in [5.41, 5.74) is 5.05. The summed E-state index contributed by atoms with van der Waals surface area (Å²) in [6, 6.07) is 8.63. The molecule has 0 radical (unpaired) electrons. The third-order valence-electron chi connectivity index (χ3n) is 3.54. The Morgan fingerprint density at radius 1 is 0.960 bits per heavy atom. The van der Waals surface area contributed by atoms with Crippen molar-refractivity contribution in [3.8, 4) is 0 Å². The van der Waals surface area contributed by atoms with E-state index in [-0.39, 0.29) is 16.5 Å². The fourth-order valence-corrected chi connectivity index (χ4v) is 3.33. The van der Waals surface area contributed by atoms with Gasteiger partial charge < -0.3 is 0 Å². The quantitative estimate of drug-likeness (QED) is 0.675. The van der Waals surface area contributed by atoms with Crippen LogP contribution in [-0.2, 0) is 10.0 Å². The maximum absolute atomic E-state index is 12.1. The molecule has 2 amide bonds. The number of aromatic nitrogens is 1. The first-order valence-corrected chi connectivity index (χ1v) is 9.07. The Kier molecular flexibility index (Phi) is 4.77. The van der Waals surface area contributed by atoms with Gasteiger partial charge in [-0.15, -0.1) is 0 Å². The molecule has 0 bridgehead atoms. The monoisotopic (exact) mass is 360 g/mol. The lowest BCUT2D eigenvalue weighted by Crippen LogP contribution is -2.41. The lowest BCUT2D eigenvalue weighted by atomic mass is 10.2. The van der Waals surface area contributed by atoms with E-state index in [1.54, 1.807) is 12.1 Å². The third-order valence-corrected chi connectivity index (χ3v) is 5.08. The van der Waals surface area contributed by atoms with Gasteiger partial charge in [-0.2, -0.15) is 0 Å². The maximum Gasteiger partial charge on any atom is 0.271 e. The molecule has 130 valence electrons. The van der Waals surface area contributed by atoms with Gasteiger partial charge in [-0.3, -0.25) is 25.4 Å². The predicted octanol–water partition coefficient (Wildman–Crippen LogP) is 0.597. The molecule has 3 N–H and O–H groups in total. The Hall–Kier alpha value is -2.78. The number of nitrogens with one attached hydrogen (secondary N) is 3. The second-order valence-electron chi connectivity index (χ2n) is 5.57. The average Bonchev–Trinajstić information content (AvgIpc) is 3.43. The number of hydrogen-bond acceptors (Lipinski definition) is 5. The predicted molar refractivity (Wildman–Crippen MR) is 89.0 cm³/mol. The molecule has 1 fully saturated rings. The number of carbonyl (C=O) groups excluding carboxylic acids is 2. The second-order valence-corrected chi connectivity index (χ2v) is 7.28. The fourth-order valence-electron chi connectivity index (χ4n) is 2.03. The summed E-state index contributed by atoms with van der Waals surface area (Å²) in [7, 11) is -3.56. The highest BCUT2D eigenvalue weighted by molar-refractivity contribution is 7.89. The largest absolute Gasteiger partial charge is 0.271 e. The molecule has 1 saturated carbocycles. The van der Waals surface area contributed by atoms with Gasteiger partial charge >= 0.3 is 0 Å². The van der Waals surface area contributed by atoms with E-state index in [1.807, 2.05) is 0 Å². The van der Waals surface area contributed by atoms with Gasteiger partial charge in [-0.25, -0.2) is 13.1 Å². The van der Waals surface area contributed by atoms with Crippen LogP contribution >= 0.6 is 0 Å². The lowest BCUT2D eigenvalue weighted by Gasteiger charge is -2.08. The molecule has 1 heterocycles. The molecule has 2 aromatic rings. The molecule has 8 nitrogen and oxygen atoms in total. The molecule has 0 unspecified atom stereocenters. The van der Waals surface area contributed by atoms with Crippen LogP contribution in [-0.4, -0.2) is 31.3 Å². The highest BCUT2D eigenvalue weighted by Gasteiger charge is 2.27. The number of nitrogens with zero attached hydrogens (tertiary/aromatic N) is 1. The van der Waals surface area contributed by atoms with Crippen molar-refractivity contribution < 1.29 is 18.0 Å². The Morgan fingerprint density at radius 3 is 2.16 bits per heavy atom. The molecule has 1 aromatic carbocycles. The summed E-state index contributed by atoms with van der Waals surface area (Å²) in [5, 5.41) is 0. The minimum Gasteiger partial charge on any atom is -0.267 e. The second kappa shape index (κ2) is 6.99. The van der Waals surface area contributed by atoms with Gasteiger partial charge in [0.05, 0.1) is 10.5 Å². The summed E-state index contributed by atoms with van der Waals surface area (Å²) in [5.74, 6) is -1.06. The Labute approximate surface area is 144 Å². The van der Waals surface area contributed by atoms with Crippen LogP contribution in [0.3, 0.4) is 0 Å². The highest BCUT2D eigenvalue weighted by atomic mass is 32.2. The van der Waals surface area contributed by atoms with E-state index in [1.165, 1.54) is 36.7 Å². The van der Waals surface area contributed by atoms with Crippen molar-refractivity contribution in [3.63, 3.8) is 0 Å². The molecule has 1 aliphatic rings. The van der Waals surface area contributed by atoms with E-state index in [2.05, 4.69) is 20.6 Å². The van der Waals surface area contributed by atoms with Crippen LogP contribution in [0.4, 0.5) is 0 Å². The number of hydrogen-bond donors (Lipinski definition) is 3. The molecule has 0 atom stereocenters. The van der Waals surface area contributed by atoms with Gasteiger partial charge in [-0.05, 0) is 49.2 Å². The first-order valence-electron chi connectivity index (χ1n) is 7.59. The molecule has 9 heteroatoms. The van der Waals surface area contributed by atoms with Gasteiger partial charge in [0.15, 0.2) is 0 Å². The molecular weight excluding hydrogens is 344 g/mol. The normalized spacial score (nSPS) is 13.9. The molecule has 3 rings (SSSR count). The number of pyridine rings is 1. The van der Waals surface area contributed by atoms with Gasteiger partial charge in [0.1, 0.15) is 0 Å². The van der Waals surface area contributed by atoms with Gasteiger partial charge in [-0.1, -0.05) is 0 Å². The number of hydrazine groups is 1. The van der Waals surface area contributed by atoms with Crippen LogP contribution in [0, 0.1) is 0 Å². The van der Waals surface area contributed by atoms with Gasteiger partial charge in [0.2, 0.25) is 10.0 Å². The Morgan fingerprint density at radius 2 is 1.60 bits per heavy atom. The zero-order valence-electron chi connectivity index (χ0n) is 13.1. The Balaban J connectivity index is 1.60. The molecule has 0 spiro atoms. The van der Waals surface area contributed by atoms with Crippen molar-refractivity contribution in [3.05, 3.63) is 59.9 Å². The standard InChI is InChI=1S/C16H16N4O4S/c21-15(18-19-16(22)12-2-1-9-17-10-12)11-3-7-14(8-4-11)25(23,24)20-13-5-6-13/h1-4,7-10,13,20H,5-6H2,(H,18,21)(H,19,22). The van der Waals surface area contributed by atoms with E-state index >= 15 is 0 Å². The summed E-state index contributed by atoms with van der Waals surface area (Å²) >= 11 is 0. The number of carbonyl (C=O) groups is 2.